The zero-order chi connectivity index (χ0) is 19.4. The number of hydrogen-bond donors (Lipinski definition) is 0. The third kappa shape index (κ3) is 5.11. The summed E-state index contributed by atoms with van der Waals surface area (Å²) < 4.78 is 30.1. The summed E-state index contributed by atoms with van der Waals surface area (Å²) in [6.45, 7) is 5.67. The van der Waals surface area contributed by atoms with Gasteiger partial charge in [-0.2, -0.15) is 0 Å². The van der Waals surface area contributed by atoms with Crippen molar-refractivity contribution in [1.82, 2.24) is 4.90 Å². The zero-order valence-electron chi connectivity index (χ0n) is 16.4. The molecule has 3 rings (SSSR count). The Balaban J connectivity index is 1.93. The van der Waals surface area contributed by atoms with E-state index in [1.807, 2.05) is 19.9 Å². The molecule has 5 heteroatoms. The second kappa shape index (κ2) is 8.44. The maximum absolute atomic E-state index is 12.0. The van der Waals surface area contributed by atoms with Crippen molar-refractivity contribution in [3.63, 3.8) is 0 Å². The number of rotatable bonds is 6. The van der Waals surface area contributed by atoms with Crippen molar-refractivity contribution >= 4 is 9.84 Å². The van der Waals surface area contributed by atoms with E-state index in [4.69, 9.17) is 4.74 Å². The van der Waals surface area contributed by atoms with Crippen molar-refractivity contribution < 1.29 is 13.2 Å². The minimum absolute atomic E-state index is 0.0408. The highest BCUT2D eigenvalue weighted by atomic mass is 32.2. The Morgan fingerprint density at radius 2 is 1.85 bits per heavy atom. The van der Waals surface area contributed by atoms with E-state index in [0.717, 1.165) is 30.7 Å². The van der Waals surface area contributed by atoms with Gasteiger partial charge in [-0.05, 0) is 57.0 Å². The second-order valence-electron chi connectivity index (χ2n) is 7.60. The largest absolute Gasteiger partial charge is 0.491 e. The Hall–Kier alpha value is -1.85. The first-order valence-electron chi connectivity index (χ1n) is 9.63. The van der Waals surface area contributed by atoms with Crippen LogP contribution in [0.3, 0.4) is 0 Å². The second-order valence-corrected chi connectivity index (χ2v) is 9.62. The Bertz CT molecular complexity index is 862. The van der Waals surface area contributed by atoms with Gasteiger partial charge in [-0.15, -0.1) is 0 Å². The number of likely N-dealkylation sites (tertiary alicyclic amines) is 1. The van der Waals surface area contributed by atoms with E-state index in [0.29, 0.717) is 17.5 Å². The Morgan fingerprint density at radius 1 is 1.11 bits per heavy atom. The summed E-state index contributed by atoms with van der Waals surface area (Å²) in [6, 6.07) is 16.1. The Morgan fingerprint density at radius 3 is 2.52 bits per heavy atom. The number of nitrogens with zero attached hydrogens (tertiary/aromatic N) is 1. The SMILES string of the molecule is CC(C)Oc1ccc(S(C)(=O)=O)cc1CN1CCCCC1c1ccccc1. The average Bonchev–Trinajstić information content (AvgIpc) is 2.63. The highest BCUT2D eigenvalue weighted by Crippen LogP contribution is 2.34. The first-order valence-corrected chi connectivity index (χ1v) is 11.5. The molecule has 4 nitrogen and oxygen atoms in total. The van der Waals surface area contributed by atoms with Crippen molar-refractivity contribution in [3.05, 3.63) is 59.7 Å². The lowest BCUT2D eigenvalue weighted by Gasteiger charge is -2.36. The van der Waals surface area contributed by atoms with Crippen LogP contribution in [-0.4, -0.2) is 32.2 Å². The molecule has 1 aliphatic rings. The van der Waals surface area contributed by atoms with Crippen molar-refractivity contribution in [1.29, 1.82) is 0 Å². The van der Waals surface area contributed by atoms with Crippen LogP contribution in [0.1, 0.15) is 50.3 Å². The monoisotopic (exact) mass is 387 g/mol. The van der Waals surface area contributed by atoms with Gasteiger partial charge in [0.15, 0.2) is 9.84 Å². The first-order chi connectivity index (χ1) is 12.8. The van der Waals surface area contributed by atoms with Crippen LogP contribution < -0.4 is 4.74 Å². The standard InChI is InChI=1S/C22H29NO3S/c1-17(2)26-22-13-12-20(27(3,24)25)15-19(22)16-23-14-8-7-11-21(23)18-9-5-4-6-10-18/h4-6,9-10,12-13,15,17,21H,7-8,11,14,16H2,1-3H3. The molecule has 0 amide bonds. The van der Waals surface area contributed by atoms with E-state index in [1.54, 1.807) is 18.2 Å². The molecule has 2 aromatic carbocycles. The molecule has 0 aromatic heterocycles. The minimum Gasteiger partial charge on any atom is -0.491 e. The van der Waals surface area contributed by atoms with Gasteiger partial charge >= 0.3 is 0 Å². The molecule has 0 saturated carbocycles. The fourth-order valence-electron chi connectivity index (χ4n) is 3.73. The fraction of sp³-hybridized carbons (Fsp3) is 0.455. The summed E-state index contributed by atoms with van der Waals surface area (Å²) in [5.41, 5.74) is 2.26. The molecule has 1 heterocycles. The lowest BCUT2D eigenvalue weighted by atomic mass is 9.94. The van der Waals surface area contributed by atoms with Gasteiger partial charge in [0, 0.05) is 24.4 Å². The zero-order valence-corrected chi connectivity index (χ0v) is 17.2. The maximum Gasteiger partial charge on any atom is 0.175 e. The molecule has 0 radical (unpaired) electrons. The summed E-state index contributed by atoms with van der Waals surface area (Å²) in [7, 11) is -3.25. The molecule has 2 aromatic rings. The fourth-order valence-corrected chi connectivity index (χ4v) is 4.40. The van der Waals surface area contributed by atoms with Crippen molar-refractivity contribution in [2.24, 2.45) is 0 Å². The number of piperidine rings is 1. The number of hydrogen-bond acceptors (Lipinski definition) is 4. The lowest BCUT2D eigenvalue weighted by molar-refractivity contribution is 0.137. The molecule has 0 N–H and O–H groups in total. The predicted molar refractivity (Wildman–Crippen MR) is 109 cm³/mol. The summed E-state index contributed by atoms with van der Waals surface area (Å²) in [5.74, 6) is 0.773. The molecule has 0 bridgehead atoms. The first kappa shape index (κ1) is 19.9. The smallest absolute Gasteiger partial charge is 0.175 e. The molecular formula is C22H29NO3S. The van der Waals surface area contributed by atoms with Gasteiger partial charge in [-0.3, -0.25) is 4.90 Å². The van der Waals surface area contributed by atoms with Crippen LogP contribution in [0.2, 0.25) is 0 Å². The normalized spacial score (nSPS) is 18.6. The number of ether oxygens (including phenoxy) is 1. The van der Waals surface area contributed by atoms with Gasteiger partial charge in [0.25, 0.3) is 0 Å². The molecule has 1 atom stereocenters. The molecule has 27 heavy (non-hydrogen) atoms. The molecule has 1 aliphatic heterocycles. The van der Waals surface area contributed by atoms with E-state index in [2.05, 4.69) is 29.2 Å². The number of benzene rings is 2. The minimum atomic E-state index is -3.25. The van der Waals surface area contributed by atoms with Crippen molar-refractivity contribution in [2.75, 3.05) is 12.8 Å². The van der Waals surface area contributed by atoms with Crippen LogP contribution in [0, 0.1) is 0 Å². The van der Waals surface area contributed by atoms with E-state index in [1.165, 1.54) is 18.2 Å². The molecule has 146 valence electrons. The molecular weight excluding hydrogens is 358 g/mol. The van der Waals surface area contributed by atoms with E-state index in [9.17, 15) is 8.42 Å². The van der Waals surface area contributed by atoms with Gasteiger partial charge in [-0.25, -0.2) is 8.42 Å². The summed E-state index contributed by atoms with van der Waals surface area (Å²) >= 11 is 0. The molecule has 0 spiro atoms. The quantitative estimate of drug-likeness (QED) is 0.726. The van der Waals surface area contributed by atoms with Crippen LogP contribution in [-0.2, 0) is 16.4 Å². The Kier molecular flexibility index (Phi) is 6.22. The molecule has 1 saturated heterocycles. The van der Waals surface area contributed by atoms with Gasteiger partial charge in [-0.1, -0.05) is 36.8 Å². The van der Waals surface area contributed by atoms with Gasteiger partial charge < -0.3 is 4.74 Å². The van der Waals surface area contributed by atoms with Gasteiger partial charge in [0.2, 0.25) is 0 Å². The summed E-state index contributed by atoms with van der Waals surface area (Å²) in [6.07, 6.45) is 4.79. The maximum atomic E-state index is 12.0. The van der Waals surface area contributed by atoms with Gasteiger partial charge in [0.1, 0.15) is 5.75 Å². The van der Waals surface area contributed by atoms with Crippen LogP contribution >= 0.6 is 0 Å². The lowest BCUT2D eigenvalue weighted by Crippen LogP contribution is -2.33. The third-order valence-electron chi connectivity index (χ3n) is 4.99. The van der Waals surface area contributed by atoms with Crippen molar-refractivity contribution in [3.8, 4) is 5.75 Å². The van der Waals surface area contributed by atoms with E-state index in [-0.39, 0.29) is 6.10 Å². The topological polar surface area (TPSA) is 46.6 Å². The van der Waals surface area contributed by atoms with Crippen LogP contribution in [0.25, 0.3) is 0 Å². The summed E-state index contributed by atoms with van der Waals surface area (Å²) in [4.78, 5) is 2.80. The van der Waals surface area contributed by atoms with Crippen LogP contribution in [0.15, 0.2) is 53.4 Å². The molecule has 1 fully saturated rings. The third-order valence-corrected chi connectivity index (χ3v) is 6.10. The highest BCUT2D eigenvalue weighted by molar-refractivity contribution is 7.90. The Labute approximate surface area is 163 Å². The van der Waals surface area contributed by atoms with Crippen LogP contribution in [0.4, 0.5) is 0 Å². The predicted octanol–water partition coefficient (Wildman–Crippen LogP) is 4.60. The summed E-state index contributed by atoms with van der Waals surface area (Å²) in [5, 5.41) is 0. The van der Waals surface area contributed by atoms with Crippen LogP contribution in [0.5, 0.6) is 5.75 Å². The van der Waals surface area contributed by atoms with Gasteiger partial charge in [0.05, 0.1) is 11.0 Å². The average molecular weight is 388 g/mol. The number of sulfone groups is 1. The highest BCUT2D eigenvalue weighted by Gasteiger charge is 2.25. The van der Waals surface area contributed by atoms with E-state index < -0.39 is 9.84 Å². The molecule has 0 aliphatic carbocycles. The molecule has 1 unspecified atom stereocenters. The van der Waals surface area contributed by atoms with Crippen molar-refractivity contribution in [2.45, 2.75) is 56.7 Å². The van der Waals surface area contributed by atoms with E-state index >= 15 is 0 Å².